The van der Waals surface area contributed by atoms with E-state index in [4.69, 9.17) is 21.3 Å². The molecular weight excluding hydrogens is 374 g/mol. The Morgan fingerprint density at radius 2 is 2.04 bits per heavy atom. The summed E-state index contributed by atoms with van der Waals surface area (Å²) in [6.45, 7) is 0.0677. The first kappa shape index (κ1) is 17.7. The summed E-state index contributed by atoms with van der Waals surface area (Å²) in [7, 11) is 0. The lowest BCUT2D eigenvalue weighted by atomic mass is 10.2. The van der Waals surface area contributed by atoms with Gasteiger partial charge in [-0.25, -0.2) is 0 Å². The Bertz CT molecular complexity index is 990. The van der Waals surface area contributed by atoms with Crippen molar-refractivity contribution in [3.05, 3.63) is 64.2 Å². The number of nitriles is 1. The molecule has 26 heavy (non-hydrogen) atoms. The molecule has 2 heterocycles. The second kappa shape index (κ2) is 7.87. The van der Waals surface area contributed by atoms with Crippen LogP contribution in [0.2, 0.25) is 5.02 Å². The Balaban J connectivity index is 1.59. The van der Waals surface area contributed by atoms with Gasteiger partial charge < -0.3 is 15.1 Å². The van der Waals surface area contributed by atoms with Crippen molar-refractivity contribution in [3.63, 3.8) is 0 Å². The molecule has 0 bridgehead atoms. The summed E-state index contributed by atoms with van der Waals surface area (Å²) in [4.78, 5) is 24.9. The van der Waals surface area contributed by atoms with Crippen LogP contribution in [-0.4, -0.2) is 11.8 Å². The topological polar surface area (TPSA) is 95.1 Å². The predicted octanol–water partition coefficient (Wildman–Crippen LogP) is 3.79. The molecule has 6 nitrogen and oxygen atoms in total. The van der Waals surface area contributed by atoms with E-state index in [2.05, 4.69) is 10.6 Å². The van der Waals surface area contributed by atoms with Crippen molar-refractivity contribution >= 4 is 40.4 Å². The minimum absolute atomic E-state index is 0.0677. The second-order valence-corrected chi connectivity index (χ2v) is 6.57. The van der Waals surface area contributed by atoms with Crippen LogP contribution >= 0.6 is 22.9 Å². The number of anilines is 1. The van der Waals surface area contributed by atoms with Crippen LogP contribution in [0.25, 0.3) is 10.6 Å². The first-order valence-corrected chi connectivity index (χ1v) is 8.74. The van der Waals surface area contributed by atoms with Gasteiger partial charge in [-0.15, -0.1) is 11.3 Å². The molecule has 0 aliphatic carbocycles. The van der Waals surface area contributed by atoms with Gasteiger partial charge >= 0.3 is 11.8 Å². The van der Waals surface area contributed by atoms with Crippen LogP contribution in [0.4, 0.5) is 5.69 Å². The first-order valence-electron chi connectivity index (χ1n) is 7.48. The molecule has 2 N–H and O–H groups in total. The van der Waals surface area contributed by atoms with Crippen LogP contribution in [0.1, 0.15) is 11.3 Å². The Morgan fingerprint density at radius 1 is 1.19 bits per heavy atom. The Morgan fingerprint density at radius 3 is 2.77 bits per heavy atom. The molecule has 0 atom stereocenters. The maximum absolute atomic E-state index is 12.0. The minimum atomic E-state index is -0.895. The maximum atomic E-state index is 12.0. The van der Waals surface area contributed by atoms with Crippen molar-refractivity contribution in [2.45, 2.75) is 6.54 Å². The third kappa shape index (κ3) is 4.11. The average Bonchev–Trinajstić information content (AvgIpc) is 3.31. The van der Waals surface area contributed by atoms with Crippen LogP contribution < -0.4 is 10.6 Å². The molecular formula is C18H12ClN3O3S. The van der Waals surface area contributed by atoms with Crippen molar-refractivity contribution in [2.75, 3.05) is 5.32 Å². The molecule has 0 radical (unpaired) electrons. The van der Waals surface area contributed by atoms with E-state index < -0.39 is 11.8 Å². The lowest BCUT2D eigenvalue weighted by molar-refractivity contribution is -0.136. The fourth-order valence-electron chi connectivity index (χ4n) is 2.17. The number of hydrogen-bond acceptors (Lipinski definition) is 5. The van der Waals surface area contributed by atoms with Crippen molar-refractivity contribution in [3.8, 4) is 16.7 Å². The number of rotatable bonds is 4. The van der Waals surface area contributed by atoms with Crippen LogP contribution in [-0.2, 0) is 16.1 Å². The summed E-state index contributed by atoms with van der Waals surface area (Å²) in [5.41, 5.74) is 0.389. The summed E-state index contributed by atoms with van der Waals surface area (Å²) in [6.07, 6.45) is 0. The normalized spacial score (nSPS) is 10.2. The van der Waals surface area contributed by atoms with Gasteiger partial charge in [0.15, 0.2) is 0 Å². The highest BCUT2D eigenvalue weighted by atomic mass is 35.5. The van der Waals surface area contributed by atoms with Crippen molar-refractivity contribution in [2.24, 2.45) is 0 Å². The molecule has 0 saturated heterocycles. The molecule has 3 rings (SSSR count). The van der Waals surface area contributed by atoms with Gasteiger partial charge in [0.05, 0.1) is 22.7 Å². The number of furan rings is 1. The van der Waals surface area contributed by atoms with E-state index in [-0.39, 0.29) is 17.8 Å². The van der Waals surface area contributed by atoms with Gasteiger partial charge in [-0.3, -0.25) is 9.59 Å². The van der Waals surface area contributed by atoms with Gasteiger partial charge in [0.2, 0.25) is 0 Å². The Labute approximate surface area is 158 Å². The molecule has 0 saturated carbocycles. The zero-order chi connectivity index (χ0) is 18.5. The number of nitrogens with zero attached hydrogens (tertiary/aromatic N) is 1. The van der Waals surface area contributed by atoms with Crippen molar-refractivity contribution < 1.29 is 14.0 Å². The molecule has 0 aliphatic rings. The number of thiophene rings is 1. The summed E-state index contributed by atoms with van der Waals surface area (Å²) in [5.74, 6) is -0.516. The molecule has 2 amide bonds. The van der Waals surface area contributed by atoms with Gasteiger partial charge in [0, 0.05) is 5.02 Å². The summed E-state index contributed by atoms with van der Waals surface area (Å²) in [5, 5.41) is 16.2. The number of carbonyl (C=O) groups excluding carboxylic acids is 2. The van der Waals surface area contributed by atoms with Crippen LogP contribution in [0.15, 0.2) is 52.3 Å². The van der Waals surface area contributed by atoms with E-state index in [1.165, 1.54) is 18.2 Å². The highest BCUT2D eigenvalue weighted by Crippen LogP contribution is 2.26. The number of halogens is 1. The van der Waals surface area contributed by atoms with Gasteiger partial charge in [0.25, 0.3) is 0 Å². The molecule has 3 aromatic rings. The van der Waals surface area contributed by atoms with E-state index in [0.29, 0.717) is 16.5 Å². The number of carbonyl (C=O) groups is 2. The molecule has 0 fully saturated rings. The third-order valence-electron chi connectivity index (χ3n) is 3.41. The zero-order valence-corrected chi connectivity index (χ0v) is 14.9. The number of nitrogens with one attached hydrogen (secondary N) is 2. The smallest absolute Gasteiger partial charge is 0.313 e. The fourth-order valence-corrected chi connectivity index (χ4v) is 3.03. The van der Waals surface area contributed by atoms with Crippen molar-refractivity contribution in [1.82, 2.24) is 5.32 Å². The van der Waals surface area contributed by atoms with E-state index >= 15 is 0 Å². The summed E-state index contributed by atoms with van der Waals surface area (Å²) in [6, 6.07) is 13.7. The quantitative estimate of drug-likeness (QED) is 0.668. The largest absolute Gasteiger partial charge is 0.458 e. The lowest BCUT2D eigenvalue weighted by Crippen LogP contribution is -2.35. The number of hydrogen-bond donors (Lipinski definition) is 2. The maximum Gasteiger partial charge on any atom is 0.313 e. The average molecular weight is 386 g/mol. The van der Waals surface area contributed by atoms with E-state index in [1.807, 2.05) is 23.6 Å². The monoisotopic (exact) mass is 385 g/mol. The first-order chi connectivity index (χ1) is 12.6. The Kier molecular flexibility index (Phi) is 5.37. The number of amides is 2. The van der Waals surface area contributed by atoms with E-state index in [9.17, 15) is 9.59 Å². The van der Waals surface area contributed by atoms with E-state index in [1.54, 1.807) is 23.5 Å². The van der Waals surface area contributed by atoms with Gasteiger partial charge in [-0.1, -0.05) is 17.7 Å². The van der Waals surface area contributed by atoms with Crippen molar-refractivity contribution in [1.29, 1.82) is 5.26 Å². The SMILES string of the molecule is N#Cc1ccc(Cl)cc1NC(=O)C(=O)NCc1ccc(-c2cccs2)o1. The fraction of sp³-hybridized carbons (Fsp3) is 0.0556. The van der Waals surface area contributed by atoms with Gasteiger partial charge in [0.1, 0.15) is 17.6 Å². The lowest BCUT2D eigenvalue weighted by Gasteiger charge is -2.07. The molecule has 130 valence electrons. The number of benzene rings is 1. The predicted molar refractivity (Wildman–Crippen MR) is 98.7 cm³/mol. The summed E-state index contributed by atoms with van der Waals surface area (Å²) >= 11 is 7.39. The molecule has 8 heteroatoms. The molecule has 0 aliphatic heterocycles. The highest BCUT2D eigenvalue weighted by Gasteiger charge is 2.16. The zero-order valence-electron chi connectivity index (χ0n) is 13.3. The van der Waals surface area contributed by atoms with Crippen LogP contribution in [0.3, 0.4) is 0 Å². The third-order valence-corrected chi connectivity index (χ3v) is 4.52. The van der Waals surface area contributed by atoms with Crippen LogP contribution in [0.5, 0.6) is 0 Å². The minimum Gasteiger partial charge on any atom is -0.458 e. The van der Waals surface area contributed by atoms with Crippen LogP contribution in [0, 0.1) is 11.3 Å². The van der Waals surface area contributed by atoms with Gasteiger partial charge in [-0.2, -0.15) is 5.26 Å². The highest BCUT2D eigenvalue weighted by molar-refractivity contribution is 7.13. The van der Waals surface area contributed by atoms with Gasteiger partial charge in [-0.05, 0) is 41.8 Å². The standard InChI is InChI=1S/C18H12ClN3O3S/c19-12-4-3-11(9-20)14(8-12)22-18(24)17(23)21-10-13-5-6-15(25-13)16-2-1-7-26-16/h1-8H,10H2,(H,21,23)(H,22,24). The summed E-state index contributed by atoms with van der Waals surface area (Å²) < 4.78 is 5.63. The second-order valence-electron chi connectivity index (χ2n) is 5.18. The molecule has 0 spiro atoms. The molecule has 1 aromatic carbocycles. The Hall–Kier alpha value is -3.08. The van der Waals surface area contributed by atoms with E-state index in [0.717, 1.165) is 4.88 Å². The molecule has 2 aromatic heterocycles. The molecule has 0 unspecified atom stereocenters.